The molecule has 16 heavy (non-hydrogen) atoms. The van der Waals surface area contributed by atoms with Gasteiger partial charge in [-0.25, -0.2) is 17.5 Å². The van der Waals surface area contributed by atoms with Crippen molar-refractivity contribution < 1.29 is 17.5 Å². The van der Waals surface area contributed by atoms with E-state index in [4.69, 9.17) is 16.3 Å². The molecule has 0 aliphatic rings. The second-order valence-electron chi connectivity index (χ2n) is 2.97. The molecule has 0 spiro atoms. The van der Waals surface area contributed by atoms with E-state index in [1.807, 2.05) is 0 Å². The summed E-state index contributed by atoms with van der Waals surface area (Å²) in [6.45, 7) is 0.331. The molecule has 0 amide bonds. The SMILES string of the molecule is COCCNS(=O)(=O)c1cc(F)ccc1Cl. The zero-order valence-corrected chi connectivity index (χ0v) is 10.1. The second-order valence-corrected chi connectivity index (χ2v) is 5.11. The molecule has 7 heteroatoms. The topological polar surface area (TPSA) is 55.4 Å². The van der Waals surface area contributed by atoms with Crippen LogP contribution in [0, 0.1) is 5.82 Å². The number of hydrogen-bond acceptors (Lipinski definition) is 3. The van der Waals surface area contributed by atoms with Crippen molar-refractivity contribution in [1.82, 2.24) is 4.72 Å². The fourth-order valence-electron chi connectivity index (χ4n) is 1.04. The Morgan fingerprint density at radius 1 is 1.50 bits per heavy atom. The molecule has 1 rings (SSSR count). The summed E-state index contributed by atoms with van der Waals surface area (Å²) in [5, 5.41) is -0.0219. The Labute approximate surface area is 98.4 Å². The van der Waals surface area contributed by atoms with E-state index >= 15 is 0 Å². The molecule has 0 bridgehead atoms. The average molecular weight is 268 g/mol. The zero-order valence-electron chi connectivity index (χ0n) is 8.54. The van der Waals surface area contributed by atoms with E-state index in [0.717, 1.165) is 12.1 Å². The molecule has 0 fully saturated rings. The molecule has 1 N–H and O–H groups in total. The van der Waals surface area contributed by atoms with Crippen LogP contribution in [0.15, 0.2) is 23.1 Å². The normalized spacial score (nSPS) is 11.7. The maximum Gasteiger partial charge on any atom is 0.242 e. The Morgan fingerprint density at radius 2 is 2.19 bits per heavy atom. The third-order valence-electron chi connectivity index (χ3n) is 1.78. The number of hydrogen-bond donors (Lipinski definition) is 1. The first-order chi connectivity index (χ1) is 7.47. The van der Waals surface area contributed by atoms with Crippen LogP contribution in [0.5, 0.6) is 0 Å². The highest BCUT2D eigenvalue weighted by Gasteiger charge is 2.17. The standard InChI is InChI=1S/C9H11ClFNO3S/c1-15-5-4-12-16(13,14)9-6-7(11)2-3-8(9)10/h2-3,6,12H,4-5H2,1H3. The van der Waals surface area contributed by atoms with Gasteiger partial charge in [0.2, 0.25) is 10.0 Å². The molecule has 0 unspecified atom stereocenters. The highest BCUT2D eigenvalue weighted by molar-refractivity contribution is 7.89. The first-order valence-electron chi connectivity index (χ1n) is 4.41. The van der Waals surface area contributed by atoms with Gasteiger partial charge >= 0.3 is 0 Å². The van der Waals surface area contributed by atoms with Crippen LogP contribution in [0.2, 0.25) is 5.02 Å². The van der Waals surface area contributed by atoms with E-state index in [1.54, 1.807) is 0 Å². The van der Waals surface area contributed by atoms with Crippen LogP contribution in [0.3, 0.4) is 0 Å². The molecule has 0 aliphatic carbocycles. The van der Waals surface area contributed by atoms with Crippen LogP contribution < -0.4 is 4.72 Å². The van der Waals surface area contributed by atoms with Gasteiger partial charge in [0, 0.05) is 13.7 Å². The van der Waals surface area contributed by atoms with Crippen molar-refractivity contribution in [3.8, 4) is 0 Å². The molecule has 0 heterocycles. The van der Waals surface area contributed by atoms with Gasteiger partial charge in [-0.3, -0.25) is 0 Å². The van der Waals surface area contributed by atoms with Gasteiger partial charge in [0.25, 0.3) is 0 Å². The summed E-state index contributed by atoms with van der Waals surface area (Å²) in [6.07, 6.45) is 0. The van der Waals surface area contributed by atoms with Crippen molar-refractivity contribution in [2.24, 2.45) is 0 Å². The molecular formula is C9H11ClFNO3S. The van der Waals surface area contributed by atoms with E-state index in [0.29, 0.717) is 0 Å². The predicted octanol–water partition coefficient (Wildman–Crippen LogP) is 1.40. The number of methoxy groups -OCH3 is 1. The lowest BCUT2D eigenvalue weighted by atomic mass is 10.3. The average Bonchev–Trinajstić information content (AvgIpc) is 2.22. The van der Waals surface area contributed by atoms with E-state index in [-0.39, 0.29) is 23.1 Å². The third kappa shape index (κ3) is 3.41. The molecule has 0 saturated carbocycles. The van der Waals surface area contributed by atoms with Gasteiger partial charge in [-0.05, 0) is 18.2 Å². The summed E-state index contributed by atoms with van der Waals surface area (Å²) < 4.78 is 43.1. The van der Waals surface area contributed by atoms with Crippen LogP contribution in [-0.2, 0) is 14.8 Å². The maximum absolute atomic E-state index is 12.9. The number of nitrogens with one attached hydrogen (secondary N) is 1. The van der Waals surface area contributed by atoms with Crippen molar-refractivity contribution >= 4 is 21.6 Å². The lowest BCUT2D eigenvalue weighted by Gasteiger charge is -2.07. The zero-order chi connectivity index (χ0) is 12.2. The predicted molar refractivity (Wildman–Crippen MR) is 58.5 cm³/mol. The minimum Gasteiger partial charge on any atom is -0.383 e. The van der Waals surface area contributed by atoms with Gasteiger partial charge in [-0.2, -0.15) is 0 Å². The summed E-state index contributed by atoms with van der Waals surface area (Å²) in [5.74, 6) is -0.656. The molecular weight excluding hydrogens is 257 g/mol. The summed E-state index contributed by atoms with van der Waals surface area (Å²) in [6, 6.07) is 3.16. The van der Waals surface area contributed by atoms with Crippen molar-refractivity contribution in [1.29, 1.82) is 0 Å². The molecule has 1 aromatic rings. The third-order valence-corrected chi connectivity index (χ3v) is 3.72. The van der Waals surface area contributed by atoms with E-state index in [2.05, 4.69) is 4.72 Å². The minimum absolute atomic E-state index is 0.0219. The van der Waals surface area contributed by atoms with Crippen molar-refractivity contribution in [2.45, 2.75) is 4.90 Å². The van der Waals surface area contributed by atoms with Crippen LogP contribution in [-0.4, -0.2) is 28.7 Å². The van der Waals surface area contributed by atoms with E-state index in [1.165, 1.54) is 13.2 Å². The monoisotopic (exact) mass is 267 g/mol. The minimum atomic E-state index is -3.79. The summed E-state index contributed by atoms with van der Waals surface area (Å²) in [7, 11) is -2.34. The Bertz CT molecular complexity index is 464. The Hall–Kier alpha value is -0.690. The Kier molecular flexibility index (Phi) is 4.67. The lowest BCUT2D eigenvalue weighted by molar-refractivity contribution is 0.204. The van der Waals surface area contributed by atoms with Gasteiger partial charge in [0.05, 0.1) is 11.6 Å². The first kappa shape index (κ1) is 13.4. The van der Waals surface area contributed by atoms with Gasteiger partial charge in [-0.15, -0.1) is 0 Å². The number of rotatable bonds is 5. The van der Waals surface area contributed by atoms with E-state index in [9.17, 15) is 12.8 Å². The number of benzene rings is 1. The molecule has 0 aliphatic heterocycles. The highest BCUT2D eigenvalue weighted by Crippen LogP contribution is 2.21. The summed E-state index contributed by atoms with van der Waals surface area (Å²) >= 11 is 5.68. The van der Waals surface area contributed by atoms with Gasteiger partial charge < -0.3 is 4.74 Å². The second kappa shape index (κ2) is 5.58. The fourth-order valence-corrected chi connectivity index (χ4v) is 2.56. The number of sulfonamides is 1. The summed E-state index contributed by atoms with van der Waals surface area (Å²) in [5.41, 5.74) is 0. The Balaban J connectivity index is 2.93. The van der Waals surface area contributed by atoms with Crippen molar-refractivity contribution in [3.63, 3.8) is 0 Å². The molecule has 90 valence electrons. The maximum atomic E-state index is 12.9. The van der Waals surface area contributed by atoms with Gasteiger partial charge in [-0.1, -0.05) is 11.6 Å². The smallest absolute Gasteiger partial charge is 0.242 e. The highest BCUT2D eigenvalue weighted by atomic mass is 35.5. The number of halogens is 2. The molecule has 1 aromatic carbocycles. The molecule has 0 atom stereocenters. The molecule has 0 aromatic heterocycles. The van der Waals surface area contributed by atoms with E-state index < -0.39 is 15.8 Å². The van der Waals surface area contributed by atoms with Crippen molar-refractivity contribution in [2.75, 3.05) is 20.3 Å². The van der Waals surface area contributed by atoms with Crippen LogP contribution >= 0.6 is 11.6 Å². The Morgan fingerprint density at radius 3 is 2.81 bits per heavy atom. The van der Waals surface area contributed by atoms with Gasteiger partial charge in [0.15, 0.2) is 0 Å². The molecule has 4 nitrogen and oxygen atoms in total. The molecule has 0 radical (unpaired) electrons. The lowest BCUT2D eigenvalue weighted by Crippen LogP contribution is -2.27. The molecule has 0 saturated heterocycles. The van der Waals surface area contributed by atoms with Gasteiger partial charge in [0.1, 0.15) is 10.7 Å². The number of ether oxygens (including phenoxy) is 1. The van der Waals surface area contributed by atoms with Crippen LogP contribution in [0.4, 0.5) is 4.39 Å². The quantitative estimate of drug-likeness (QED) is 0.821. The van der Waals surface area contributed by atoms with Crippen LogP contribution in [0.25, 0.3) is 0 Å². The summed E-state index contributed by atoms with van der Waals surface area (Å²) in [4.78, 5) is -0.273. The largest absolute Gasteiger partial charge is 0.383 e. The first-order valence-corrected chi connectivity index (χ1v) is 6.27. The van der Waals surface area contributed by atoms with Crippen LogP contribution in [0.1, 0.15) is 0 Å². The van der Waals surface area contributed by atoms with Crippen molar-refractivity contribution in [3.05, 3.63) is 29.0 Å². The fraction of sp³-hybridized carbons (Fsp3) is 0.333.